The van der Waals surface area contributed by atoms with Crippen LogP contribution in [0.5, 0.6) is 0 Å². The molecule has 2 aromatic rings. The first-order valence-electron chi connectivity index (χ1n) is 4.58. The van der Waals surface area contributed by atoms with Crippen molar-refractivity contribution >= 4 is 16.9 Å². The van der Waals surface area contributed by atoms with Crippen LogP contribution in [0.3, 0.4) is 0 Å². The Balaban J connectivity index is 2.23. The number of H-pyrrole nitrogens is 1. The Hall–Kier alpha value is -1.91. The maximum absolute atomic E-state index is 11.8. The molecule has 2 rings (SSSR count). The van der Waals surface area contributed by atoms with Crippen molar-refractivity contribution in [2.24, 2.45) is 0 Å². The molecule has 0 saturated heterocycles. The minimum absolute atomic E-state index is 0.0415. The number of benzene rings is 1. The van der Waals surface area contributed by atoms with E-state index in [1.54, 1.807) is 24.5 Å². The molecule has 0 atom stereocenters. The first-order chi connectivity index (χ1) is 7.31. The summed E-state index contributed by atoms with van der Waals surface area (Å²) in [6.07, 6.45) is 1.56. The van der Waals surface area contributed by atoms with Crippen LogP contribution in [0.4, 0.5) is 4.39 Å². The molecule has 0 spiro atoms. The number of nitrogens with one attached hydrogen (secondary N) is 2. The SMILES string of the molecule is O=C(NCCF)c1ccc2nc[nH]c2c1. The van der Waals surface area contributed by atoms with Crippen LogP contribution in [0.1, 0.15) is 10.4 Å². The van der Waals surface area contributed by atoms with Crippen LogP contribution in [0, 0.1) is 0 Å². The van der Waals surface area contributed by atoms with E-state index in [9.17, 15) is 9.18 Å². The van der Waals surface area contributed by atoms with Gasteiger partial charge in [0.1, 0.15) is 6.67 Å². The number of amides is 1. The van der Waals surface area contributed by atoms with Gasteiger partial charge in [-0.2, -0.15) is 0 Å². The number of hydrogen-bond donors (Lipinski definition) is 2. The molecule has 0 unspecified atom stereocenters. The number of rotatable bonds is 3. The summed E-state index contributed by atoms with van der Waals surface area (Å²) in [4.78, 5) is 18.4. The summed E-state index contributed by atoms with van der Waals surface area (Å²) < 4.78 is 11.8. The van der Waals surface area contributed by atoms with E-state index >= 15 is 0 Å². The van der Waals surface area contributed by atoms with Gasteiger partial charge in [0.25, 0.3) is 5.91 Å². The van der Waals surface area contributed by atoms with Gasteiger partial charge in [0.15, 0.2) is 0 Å². The summed E-state index contributed by atoms with van der Waals surface area (Å²) in [5.41, 5.74) is 2.10. The van der Waals surface area contributed by atoms with E-state index in [1.165, 1.54) is 0 Å². The monoisotopic (exact) mass is 207 g/mol. The van der Waals surface area contributed by atoms with Gasteiger partial charge in [-0.25, -0.2) is 9.37 Å². The quantitative estimate of drug-likeness (QED) is 0.796. The molecule has 5 heteroatoms. The summed E-state index contributed by atoms with van der Waals surface area (Å²) in [6, 6.07) is 5.10. The smallest absolute Gasteiger partial charge is 0.251 e. The summed E-state index contributed by atoms with van der Waals surface area (Å²) >= 11 is 0. The van der Waals surface area contributed by atoms with E-state index in [2.05, 4.69) is 15.3 Å². The van der Waals surface area contributed by atoms with E-state index in [4.69, 9.17) is 0 Å². The molecule has 0 aliphatic heterocycles. The largest absolute Gasteiger partial charge is 0.349 e. The molecule has 2 N–H and O–H groups in total. The molecule has 1 aromatic carbocycles. The van der Waals surface area contributed by atoms with Crippen LogP contribution in [-0.2, 0) is 0 Å². The lowest BCUT2D eigenvalue weighted by atomic mass is 10.2. The number of aromatic nitrogens is 2. The third-order valence-electron chi connectivity index (χ3n) is 2.06. The molecule has 15 heavy (non-hydrogen) atoms. The van der Waals surface area contributed by atoms with Crippen molar-refractivity contribution in [3.63, 3.8) is 0 Å². The van der Waals surface area contributed by atoms with Crippen LogP contribution in [0.2, 0.25) is 0 Å². The lowest BCUT2D eigenvalue weighted by molar-refractivity contribution is 0.0951. The Morgan fingerprint density at radius 3 is 3.20 bits per heavy atom. The summed E-state index contributed by atoms with van der Waals surface area (Å²) in [7, 11) is 0. The zero-order chi connectivity index (χ0) is 10.7. The van der Waals surface area contributed by atoms with Gasteiger partial charge in [0, 0.05) is 12.1 Å². The van der Waals surface area contributed by atoms with Gasteiger partial charge in [0.05, 0.1) is 17.4 Å². The Morgan fingerprint density at radius 1 is 1.53 bits per heavy atom. The van der Waals surface area contributed by atoms with E-state index in [0.29, 0.717) is 5.56 Å². The highest BCUT2D eigenvalue weighted by Gasteiger charge is 2.06. The predicted molar refractivity (Wildman–Crippen MR) is 54.4 cm³/mol. The van der Waals surface area contributed by atoms with E-state index in [-0.39, 0.29) is 12.5 Å². The zero-order valence-corrected chi connectivity index (χ0v) is 7.96. The molecule has 0 aliphatic carbocycles. The predicted octanol–water partition coefficient (Wildman–Crippen LogP) is 1.26. The Morgan fingerprint density at radius 2 is 2.40 bits per heavy atom. The standard InChI is InChI=1S/C10H10FN3O/c11-3-4-12-10(15)7-1-2-8-9(5-7)14-6-13-8/h1-2,5-6H,3-4H2,(H,12,15)(H,13,14). The molecule has 0 aliphatic rings. The molecule has 78 valence electrons. The maximum atomic E-state index is 11.8. The first kappa shape index (κ1) is 9.64. The van der Waals surface area contributed by atoms with E-state index in [0.717, 1.165) is 11.0 Å². The number of imidazole rings is 1. The number of halogens is 1. The third-order valence-corrected chi connectivity index (χ3v) is 2.06. The fraction of sp³-hybridized carbons (Fsp3) is 0.200. The second-order valence-electron chi connectivity index (χ2n) is 3.08. The second-order valence-corrected chi connectivity index (χ2v) is 3.08. The molecule has 4 nitrogen and oxygen atoms in total. The fourth-order valence-corrected chi connectivity index (χ4v) is 1.34. The van der Waals surface area contributed by atoms with Crippen LogP contribution in [-0.4, -0.2) is 29.1 Å². The van der Waals surface area contributed by atoms with Crippen molar-refractivity contribution in [2.75, 3.05) is 13.2 Å². The topological polar surface area (TPSA) is 57.8 Å². The number of carbonyl (C=O) groups excluding carboxylic acids is 1. The highest BCUT2D eigenvalue weighted by atomic mass is 19.1. The van der Waals surface area contributed by atoms with Gasteiger partial charge < -0.3 is 10.3 Å². The van der Waals surface area contributed by atoms with Gasteiger partial charge in [-0.05, 0) is 18.2 Å². The molecule has 0 fully saturated rings. The summed E-state index contributed by atoms with van der Waals surface area (Å²) in [5, 5.41) is 2.46. The van der Waals surface area contributed by atoms with Gasteiger partial charge in [0.2, 0.25) is 0 Å². The molecule has 1 heterocycles. The number of aromatic amines is 1. The van der Waals surface area contributed by atoms with Crippen molar-refractivity contribution < 1.29 is 9.18 Å². The van der Waals surface area contributed by atoms with Crippen molar-refractivity contribution in [1.82, 2.24) is 15.3 Å². The van der Waals surface area contributed by atoms with Crippen LogP contribution < -0.4 is 5.32 Å². The normalized spacial score (nSPS) is 10.5. The van der Waals surface area contributed by atoms with Crippen molar-refractivity contribution in [3.8, 4) is 0 Å². The van der Waals surface area contributed by atoms with Crippen LogP contribution in [0.15, 0.2) is 24.5 Å². The molecule has 1 aromatic heterocycles. The number of fused-ring (bicyclic) bond motifs is 1. The summed E-state index contributed by atoms with van der Waals surface area (Å²) in [6.45, 7) is -0.516. The zero-order valence-electron chi connectivity index (χ0n) is 7.96. The van der Waals surface area contributed by atoms with Gasteiger partial charge in [-0.3, -0.25) is 4.79 Å². The lowest BCUT2D eigenvalue weighted by Crippen LogP contribution is -2.25. The Bertz CT molecular complexity index is 480. The van der Waals surface area contributed by atoms with Crippen molar-refractivity contribution in [3.05, 3.63) is 30.1 Å². The number of hydrogen-bond acceptors (Lipinski definition) is 2. The van der Waals surface area contributed by atoms with Crippen molar-refractivity contribution in [2.45, 2.75) is 0 Å². The van der Waals surface area contributed by atoms with Gasteiger partial charge in [-0.1, -0.05) is 0 Å². The highest BCUT2D eigenvalue weighted by Crippen LogP contribution is 2.11. The number of nitrogens with zero attached hydrogens (tertiary/aromatic N) is 1. The average molecular weight is 207 g/mol. The van der Waals surface area contributed by atoms with Gasteiger partial charge in [-0.15, -0.1) is 0 Å². The fourth-order valence-electron chi connectivity index (χ4n) is 1.34. The first-order valence-corrected chi connectivity index (χ1v) is 4.58. The average Bonchev–Trinajstić information content (AvgIpc) is 2.72. The van der Waals surface area contributed by atoms with Gasteiger partial charge >= 0.3 is 0 Å². The molecule has 0 radical (unpaired) electrons. The Labute approximate surface area is 85.5 Å². The highest BCUT2D eigenvalue weighted by molar-refractivity contribution is 5.97. The lowest BCUT2D eigenvalue weighted by Gasteiger charge is -2.01. The Kier molecular flexibility index (Phi) is 2.62. The molecule has 1 amide bonds. The summed E-state index contributed by atoms with van der Waals surface area (Å²) in [5.74, 6) is -0.274. The minimum Gasteiger partial charge on any atom is -0.349 e. The van der Waals surface area contributed by atoms with Crippen molar-refractivity contribution in [1.29, 1.82) is 0 Å². The molecular weight excluding hydrogens is 197 g/mol. The molecular formula is C10H10FN3O. The maximum Gasteiger partial charge on any atom is 0.251 e. The van der Waals surface area contributed by atoms with E-state index < -0.39 is 6.67 Å². The molecule has 0 saturated carbocycles. The number of carbonyl (C=O) groups is 1. The number of alkyl halides is 1. The third kappa shape index (κ3) is 1.96. The van der Waals surface area contributed by atoms with Crippen LogP contribution >= 0.6 is 0 Å². The molecule has 0 bridgehead atoms. The van der Waals surface area contributed by atoms with Crippen LogP contribution in [0.25, 0.3) is 11.0 Å². The second kappa shape index (κ2) is 4.08. The minimum atomic E-state index is -0.557. The van der Waals surface area contributed by atoms with E-state index in [1.807, 2.05) is 0 Å².